The Balaban J connectivity index is 1.29. The van der Waals surface area contributed by atoms with Gasteiger partial charge in [-0.25, -0.2) is 0 Å². The van der Waals surface area contributed by atoms with Gasteiger partial charge in [0.1, 0.15) is 0 Å². The number of fused-ring (bicyclic) bond motifs is 5. The molecular weight excluding hydrogens is 432 g/mol. The molecule has 0 unspecified atom stereocenters. The SMILES string of the molecule is CC(C)CCC[C@@H](C)[C@H]1CC[C@H]2[C@@H]3C(=O)C=C4C[C@H](O[C@@H]5CCCCO5)CC[C@]4(C)[C@H]3CC[C@]12C. The Hall–Kier alpha value is -0.670. The largest absolute Gasteiger partial charge is 0.353 e. The number of ether oxygens (including phenoxy) is 2. The molecule has 0 radical (unpaired) electrons. The van der Waals surface area contributed by atoms with E-state index in [2.05, 4.69) is 40.7 Å². The molecule has 1 saturated heterocycles. The molecule has 198 valence electrons. The Morgan fingerprint density at radius 3 is 2.57 bits per heavy atom. The van der Waals surface area contributed by atoms with Crippen molar-refractivity contribution in [3.8, 4) is 0 Å². The molecule has 0 aromatic carbocycles. The van der Waals surface area contributed by atoms with Gasteiger partial charge in [0.25, 0.3) is 0 Å². The van der Waals surface area contributed by atoms with E-state index in [1.807, 2.05) is 0 Å². The van der Waals surface area contributed by atoms with Crippen LogP contribution in [0.1, 0.15) is 118 Å². The molecule has 0 amide bonds. The first kappa shape index (κ1) is 26.0. The van der Waals surface area contributed by atoms with Crippen LogP contribution in [-0.4, -0.2) is 24.8 Å². The molecule has 3 nitrogen and oxygen atoms in total. The van der Waals surface area contributed by atoms with Crippen LogP contribution in [0.5, 0.6) is 0 Å². The van der Waals surface area contributed by atoms with Crippen molar-refractivity contribution in [3.05, 3.63) is 11.6 Å². The van der Waals surface area contributed by atoms with Crippen molar-refractivity contribution in [2.45, 2.75) is 130 Å². The van der Waals surface area contributed by atoms with Gasteiger partial charge in [-0.2, -0.15) is 0 Å². The van der Waals surface area contributed by atoms with Crippen molar-refractivity contribution < 1.29 is 14.3 Å². The summed E-state index contributed by atoms with van der Waals surface area (Å²) in [5, 5.41) is 0. The molecule has 1 heterocycles. The van der Waals surface area contributed by atoms with Gasteiger partial charge < -0.3 is 9.47 Å². The van der Waals surface area contributed by atoms with E-state index >= 15 is 0 Å². The zero-order valence-corrected chi connectivity index (χ0v) is 23.3. The summed E-state index contributed by atoms with van der Waals surface area (Å²) >= 11 is 0. The predicted molar refractivity (Wildman–Crippen MR) is 142 cm³/mol. The van der Waals surface area contributed by atoms with Crippen LogP contribution in [0.4, 0.5) is 0 Å². The fraction of sp³-hybridized carbons (Fsp3) is 0.906. The third kappa shape index (κ3) is 4.83. The molecule has 0 N–H and O–H groups in total. The number of carbonyl (C=O) groups excluding carboxylic acids is 1. The van der Waals surface area contributed by atoms with Crippen LogP contribution in [0.25, 0.3) is 0 Å². The molecule has 0 bridgehead atoms. The van der Waals surface area contributed by atoms with Gasteiger partial charge in [-0.1, -0.05) is 59.5 Å². The predicted octanol–water partition coefficient (Wildman–Crippen LogP) is 8.12. The van der Waals surface area contributed by atoms with Crippen molar-refractivity contribution in [3.63, 3.8) is 0 Å². The molecular formula is C32H52O3. The molecule has 4 aliphatic carbocycles. The first-order chi connectivity index (χ1) is 16.7. The lowest BCUT2D eigenvalue weighted by Crippen LogP contribution is -2.54. The van der Waals surface area contributed by atoms with E-state index in [4.69, 9.17) is 9.47 Å². The molecule has 5 aliphatic rings. The van der Waals surface area contributed by atoms with Crippen LogP contribution >= 0.6 is 0 Å². The lowest BCUT2D eigenvalue weighted by atomic mass is 9.46. The topological polar surface area (TPSA) is 35.5 Å². The number of rotatable bonds is 7. The highest BCUT2D eigenvalue weighted by atomic mass is 16.7. The summed E-state index contributed by atoms with van der Waals surface area (Å²) in [5.74, 6) is 4.24. The minimum Gasteiger partial charge on any atom is -0.353 e. The molecule has 0 aromatic heterocycles. The fourth-order valence-corrected chi connectivity index (χ4v) is 9.54. The van der Waals surface area contributed by atoms with Gasteiger partial charge in [0.2, 0.25) is 0 Å². The first-order valence-corrected chi connectivity index (χ1v) is 15.2. The summed E-state index contributed by atoms with van der Waals surface area (Å²) in [7, 11) is 0. The molecule has 35 heavy (non-hydrogen) atoms. The van der Waals surface area contributed by atoms with E-state index in [1.54, 1.807) is 0 Å². The maximum Gasteiger partial charge on any atom is 0.159 e. The highest BCUT2D eigenvalue weighted by Crippen LogP contribution is 2.66. The van der Waals surface area contributed by atoms with E-state index in [-0.39, 0.29) is 23.7 Å². The Kier molecular flexibility index (Phi) is 7.59. The number of allylic oxidation sites excluding steroid dienone is 1. The molecule has 5 rings (SSSR count). The van der Waals surface area contributed by atoms with Crippen LogP contribution in [-0.2, 0) is 14.3 Å². The van der Waals surface area contributed by atoms with E-state index in [0.29, 0.717) is 23.0 Å². The summed E-state index contributed by atoms with van der Waals surface area (Å²) in [6.07, 6.45) is 18.2. The molecule has 0 spiro atoms. The fourth-order valence-electron chi connectivity index (χ4n) is 9.54. The van der Waals surface area contributed by atoms with E-state index in [0.717, 1.165) is 50.0 Å². The summed E-state index contributed by atoms with van der Waals surface area (Å²) < 4.78 is 12.3. The molecule has 3 heteroatoms. The normalized spacial score (nSPS) is 44.4. The minimum absolute atomic E-state index is 0.0286. The lowest BCUT2D eigenvalue weighted by molar-refractivity contribution is -0.195. The van der Waals surface area contributed by atoms with Gasteiger partial charge in [-0.15, -0.1) is 0 Å². The maximum absolute atomic E-state index is 13.8. The van der Waals surface area contributed by atoms with Crippen LogP contribution in [0.15, 0.2) is 11.6 Å². The monoisotopic (exact) mass is 484 g/mol. The zero-order chi connectivity index (χ0) is 24.8. The number of carbonyl (C=O) groups is 1. The van der Waals surface area contributed by atoms with Crippen LogP contribution in [0, 0.1) is 46.3 Å². The van der Waals surface area contributed by atoms with Crippen molar-refractivity contribution in [2.75, 3.05) is 6.61 Å². The number of hydrogen-bond acceptors (Lipinski definition) is 3. The summed E-state index contributed by atoms with van der Waals surface area (Å²) in [6.45, 7) is 13.1. The third-order valence-corrected chi connectivity index (χ3v) is 11.6. The van der Waals surface area contributed by atoms with Gasteiger partial charge in [0, 0.05) is 12.5 Å². The highest BCUT2D eigenvalue weighted by molar-refractivity contribution is 5.94. The summed E-state index contributed by atoms with van der Waals surface area (Å²) in [4.78, 5) is 13.8. The highest BCUT2D eigenvalue weighted by Gasteiger charge is 2.61. The maximum atomic E-state index is 13.8. The quantitative estimate of drug-likeness (QED) is 0.366. The van der Waals surface area contributed by atoms with E-state index in [1.165, 1.54) is 63.4 Å². The zero-order valence-electron chi connectivity index (χ0n) is 23.3. The van der Waals surface area contributed by atoms with Crippen molar-refractivity contribution in [2.24, 2.45) is 46.3 Å². The average Bonchev–Trinajstić information content (AvgIpc) is 3.17. The second kappa shape index (κ2) is 10.2. The van der Waals surface area contributed by atoms with Crippen molar-refractivity contribution in [1.29, 1.82) is 0 Å². The molecule has 0 aromatic rings. The minimum atomic E-state index is -0.0286. The number of hydrogen-bond donors (Lipinski definition) is 0. The van der Waals surface area contributed by atoms with E-state index < -0.39 is 0 Å². The van der Waals surface area contributed by atoms with Crippen molar-refractivity contribution >= 4 is 5.78 Å². The van der Waals surface area contributed by atoms with Gasteiger partial charge in [0.15, 0.2) is 12.1 Å². The number of ketones is 1. The first-order valence-electron chi connectivity index (χ1n) is 15.2. The van der Waals surface area contributed by atoms with Gasteiger partial charge in [0.05, 0.1) is 6.10 Å². The third-order valence-electron chi connectivity index (χ3n) is 11.6. The second-order valence-corrected chi connectivity index (χ2v) is 14.1. The standard InChI is InChI=1S/C32H52O3/c1-21(2)9-8-10-22(3)25-12-13-26-30-27(15-17-32(25,26)5)31(4)16-14-24(19-23(31)20-28(30)33)35-29-11-6-7-18-34-29/h20-22,24-27,29-30H,6-19H2,1-5H3/t22-,24-,25-,26+,27+,29-,30+,31+,32-/m1/s1. The van der Waals surface area contributed by atoms with Crippen LogP contribution in [0.3, 0.4) is 0 Å². The second-order valence-electron chi connectivity index (χ2n) is 14.1. The summed E-state index contributed by atoms with van der Waals surface area (Å²) in [5.41, 5.74) is 1.94. The van der Waals surface area contributed by atoms with Gasteiger partial charge in [-0.3, -0.25) is 4.79 Å². The van der Waals surface area contributed by atoms with E-state index in [9.17, 15) is 4.79 Å². The average molecular weight is 485 g/mol. The smallest absolute Gasteiger partial charge is 0.159 e. The summed E-state index contributed by atoms with van der Waals surface area (Å²) in [6, 6.07) is 0. The Morgan fingerprint density at radius 1 is 1.00 bits per heavy atom. The van der Waals surface area contributed by atoms with Crippen LogP contribution < -0.4 is 0 Å². The van der Waals surface area contributed by atoms with Gasteiger partial charge in [-0.05, 0) is 111 Å². The Labute approximate surface area is 215 Å². The Bertz CT molecular complexity index is 795. The molecule has 3 saturated carbocycles. The molecule has 1 aliphatic heterocycles. The van der Waals surface area contributed by atoms with Crippen LogP contribution in [0.2, 0.25) is 0 Å². The van der Waals surface area contributed by atoms with Gasteiger partial charge >= 0.3 is 0 Å². The van der Waals surface area contributed by atoms with Crippen molar-refractivity contribution in [1.82, 2.24) is 0 Å². The lowest BCUT2D eigenvalue weighted by Gasteiger charge is -2.57. The molecule has 9 atom stereocenters. The Morgan fingerprint density at radius 2 is 1.83 bits per heavy atom. The molecule has 4 fully saturated rings.